The van der Waals surface area contributed by atoms with Crippen LogP contribution in [-0.4, -0.2) is 34.7 Å². The molecule has 1 aliphatic carbocycles. The van der Waals surface area contributed by atoms with Gasteiger partial charge in [0.25, 0.3) is 11.5 Å². The zero-order chi connectivity index (χ0) is 18.0. The Kier molecular flexibility index (Phi) is 5.15. The number of aromatic amines is 1. The molecule has 0 spiro atoms. The summed E-state index contributed by atoms with van der Waals surface area (Å²) in [6.07, 6.45) is 4.58. The van der Waals surface area contributed by atoms with Gasteiger partial charge in [-0.25, -0.2) is 0 Å². The molecular formula is C18H21N3O3S. The molecule has 25 heavy (non-hydrogen) atoms. The van der Waals surface area contributed by atoms with Crippen molar-refractivity contribution in [2.45, 2.75) is 38.0 Å². The van der Waals surface area contributed by atoms with Crippen molar-refractivity contribution in [2.75, 3.05) is 7.11 Å². The van der Waals surface area contributed by atoms with Crippen LogP contribution in [0.15, 0.2) is 35.6 Å². The van der Waals surface area contributed by atoms with E-state index in [1.165, 1.54) is 4.57 Å². The van der Waals surface area contributed by atoms with Gasteiger partial charge in [0.2, 0.25) is 0 Å². The number of rotatable bonds is 5. The van der Waals surface area contributed by atoms with Gasteiger partial charge in [0.05, 0.1) is 23.0 Å². The number of ether oxygens (including phenoxy) is 1. The van der Waals surface area contributed by atoms with Gasteiger partial charge in [-0.3, -0.25) is 14.2 Å². The predicted molar refractivity (Wildman–Crippen MR) is 99.5 cm³/mol. The maximum absolute atomic E-state index is 12.5. The minimum Gasteiger partial charge on any atom is -0.379 e. The molecule has 1 aliphatic rings. The summed E-state index contributed by atoms with van der Waals surface area (Å²) in [5, 5.41) is 3.51. The van der Waals surface area contributed by atoms with Crippen LogP contribution in [0.5, 0.6) is 0 Å². The van der Waals surface area contributed by atoms with Crippen LogP contribution in [-0.2, 0) is 11.3 Å². The third-order valence-electron chi connectivity index (χ3n) is 4.63. The summed E-state index contributed by atoms with van der Waals surface area (Å²) in [5.74, 6) is -0.176. The number of H-pyrrole nitrogens is 1. The molecule has 6 nitrogen and oxygen atoms in total. The molecule has 1 saturated carbocycles. The summed E-state index contributed by atoms with van der Waals surface area (Å²) in [4.78, 5) is 28.1. The lowest BCUT2D eigenvalue weighted by Gasteiger charge is -2.19. The number of hydrogen-bond acceptors (Lipinski definition) is 4. The maximum Gasteiger partial charge on any atom is 0.262 e. The molecule has 1 fully saturated rings. The van der Waals surface area contributed by atoms with Gasteiger partial charge >= 0.3 is 0 Å². The fraction of sp³-hybridized carbons (Fsp3) is 0.389. The molecule has 2 aromatic rings. The van der Waals surface area contributed by atoms with Gasteiger partial charge in [-0.1, -0.05) is 6.08 Å². The van der Waals surface area contributed by atoms with Gasteiger partial charge in [-0.05, 0) is 49.7 Å². The molecule has 7 heteroatoms. The normalized spacial score (nSPS) is 19.9. The summed E-state index contributed by atoms with van der Waals surface area (Å²) in [6, 6.07) is 4.99. The van der Waals surface area contributed by atoms with E-state index >= 15 is 0 Å². The molecule has 1 amide bonds. The smallest absolute Gasteiger partial charge is 0.262 e. The Morgan fingerprint density at radius 3 is 3.04 bits per heavy atom. The Morgan fingerprint density at radius 2 is 2.32 bits per heavy atom. The highest BCUT2D eigenvalue weighted by Crippen LogP contribution is 2.22. The summed E-state index contributed by atoms with van der Waals surface area (Å²) in [7, 11) is 1.67. The second kappa shape index (κ2) is 7.33. The van der Waals surface area contributed by atoms with Crippen molar-refractivity contribution < 1.29 is 9.53 Å². The van der Waals surface area contributed by atoms with Crippen LogP contribution in [0.1, 0.15) is 29.6 Å². The van der Waals surface area contributed by atoms with E-state index in [9.17, 15) is 9.59 Å². The lowest BCUT2D eigenvalue weighted by atomic mass is 10.1. The standard InChI is InChI=1S/C18H21N3O3S/c1-3-9-21-17(23)12-8-7-11(10-14(12)20-18(21)25)16(22)19-13-5-4-6-15(13)24-2/h3,7-8,10,13,15H,1,4-6,9H2,2H3,(H,19,22)(H,20,25). The molecule has 0 radical (unpaired) electrons. The number of hydrogen-bond donors (Lipinski definition) is 2. The van der Waals surface area contributed by atoms with E-state index in [0.29, 0.717) is 27.8 Å². The highest BCUT2D eigenvalue weighted by atomic mass is 32.1. The van der Waals surface area contributed by atoms with E-state index in [4.69, 9.17) is 17.0 Å². The van der Waals surface area contributed by atoms with Crippen molar-refractivity contribution in [2.24, 2.45) is 0 Å². The summed E-state index contributed by atoms with van der Waals surface area (Å²) in [6.45, 7) is 3.97. The molecule has 0 bridgehead atoms. The third-order valence-corrected chi connectivity index (χ3v) is 4.95. The van der Waals surface area contributed by atoms with Gasteiger partial charge < -0.3 is 15.0 Å². The molecular weight excluding hydrogens is 338 g/mol. The fourth-order valence-electron chi connectivity index (χ4n) is 3.32. The van der Waals surface area contributed by atoms with E-state index in [2.05, 4.69) is 16.9 Å². The molecule has 1 aromatic carbocycles. The quantitative estimate of drug-likeness (QED) is 0.635. The molecule has 0 saturated heterocycles. The van der Waals surface area contributed by atoms with Crippen LogP contribution in [0.3, 0.4) is 0 Å². The first-order chi connectivity index (χ1) is 12.0. The van der Waals surface area contributed by atoms with E-state index in [1.807, 2.05) is 0 Å². The van der Waals surface area contributed by atoms with Gasteiger partial charge in [0.15, 0.2) is 4.77 Å². The summed E-state index contributed by atoms with van der Waals surface area (Å²) in [5.41, 5.74) is 0.847. The first-order valence-electron chi connectivity index (χ1n) is 8.26. The molecule has 0 aliphatic heterocycles. The van der Waals surface area contributed by atoms with Crippen LogP contribution in [0.25, 0.3) is 10.9 Å². The number of allylic oxidation sites excluding steroid dienone is 1. The lowest BCUT2D eigenvalue weighted by Crippen LogP contribution is -2.40. The number of nitrogens with zero attached hydrogens (tertiary/aromatic N) is 1. The minimum absolute atomic E-state index is 0.0206. The number of carbonyl (C=O) groups is 1. The van der Waals surface area contributed by atoms with Crippen LogP contribution >= 0.6 is 12.2 Å². The summed E-state index contributed by atoms with van der Waals surface area (Å²) >= 11 is 5.23. The van der Waals surface area contributed by atoms with Crippen molar-refractivity contribution in [3.63, 3.8) is 0 Å². The van der Waals surface area contributed by atoms with E-state index < -0.39 is 0 Å². The average molecular weight is 359 g/mol. The van der Waals surface area contributed by atoms with Crippen molar-refractivity contribution in [3.05, 3.63) is 51.5 Å². The second-order valence-corrected chi connectivity index (χ2v) is 6.57. The van der Waals surface area contributed by atoms with Crippen LogP contribution < -0.4 is 10.9 Å². The summed E-state index contributed by atoms with van der Waals surface area (Å²) < 4.78 is 7.16. The average Bonchev–Trinajstić information content (AvgIpc) is 3.05. The maximum atomic E-state index is 12.5. The SMILES string of the molecule is C=CCn1c(=S)[nH]c2cc(C(=O)NC3CCCC3OC)ccc2c1=O. The number of benzene rings is 1. The number of methoxy groups -OCH3 is 1. The van der Waals surface area contributed by atoms with Crippen molar-refractivity contribution in [1.82, 2.24) is 14.9 Å². The number of fused-ring (bicyclic) bond motifs is 1. The van der Waals surface area contributed by atoms with Crippen LogP contribution in [0.4, 0.5) is 0 Å². The third kappa shape index (κ3) is 3.43. The number of carbonyl (C=O) groups excluding carboxylic acids is 1. The molecule has 132 valence electrons. The molecule has 1 aromatic heterocycles. The van der Waals surface area contributed by atoms with Crippen LogP contribution in [0, 0.1) is 4.77 Å². The van der Waals surface area contributed by atoms with Crippen molar-refractivity contribution in [1.29, 1.82) is 0 Å². The fourth-order valence-corrected chi connectivity index (χ4v) is 3.58. The zero-order valence-corrected chi connectivity index (χ0v) is 14.9. The number of nitrogens with one attached hydrogen (secondary N) is 2. The van der Waals surface area contributed by atoms with E-state index in [0.717, 1.165) is 19.3 Å². The number of amides is 1. The Hall–Kier alpha value is -2.25. The second-order valence-electron chi connectivity index (χ2n) is 6.18. The topological polar surface area (TPSA) is 76.1 Å². The van der Waals surface area contributed by atoms with Gasteiger partial charge in [0, 0.05) is 19.2 Å². The van der Waals surface area contributed by atoms with Crippen LogP contribution in [0.2, 0.25) is 0 Å². The molecule has 2 N–H and O–H groups in total. The molecule has 1 heterocycles. The Balaban J connectivity index is 1.92. The predicted octanol–water partition coefficient (Wildman–Crippen LogP) is 2.54. The first-order valence-corrected chi connectivity index (χ1v) is 8.67. The van der Waals surface area contributed by atoms with E-state index in [1.54, 1.807) is 31.4 Å². The zero-order valence-electron chi connectivity index (χ0n) is 14.1. The van der Waals surface area contributed by atoms with E-state index in [-0.39, 0.29) is 23.6 Å². The highest BCUT2D eigenvalue weighted by Gasteiger charge is 2.28. The van der Waals surface area contributed by atoms with Gasteiger partial charge in [-0.15, -0.1) is 6.58 Å². The monoisotopic (exact) mass is 359 g/mol. The first kappa shape index (κ1) is 17.6. The van der Waals surface area contributed by atoms with Gasteiger partial charge in [0.1, 0.15) is 0 Å². The van der Waals surface area contributed by atoms with Crippen molar-refractivity contribution in [3.8, 4) is 0 Å². The molecule has 3 rings (SSSR count). The lowest BCUT2D eigenvalue weighted by molar-refractivity contribution is 0.0722. The largest absolute Gasteiger partial charge is 0.379 e. The Bertz CT molecular complexity index is 931. The number of aromatic nitrogens is 2. The molecule has 2 atom stereocenters. The van der Waals surface area contributed by atoms with Crippen molar-refractivity contribution >= 4 is 29.0 Å². The highest BCUT2D eigenvalue weighted by molar-refractivity contribution is 7.71. The minimum atomic E-state index is -0.194. The molecule has 2 unspecified atom stereocenters. The Morgan fingerprint density at radius 1 is 1.52 bits per heavy atom. The van der Waals surface area contributed by atoms with Gasteiger partial charge in [-0.2, -0.15) is 0 Å². The Labute approximate surface area is 150 Å².